The fourth-order valence-corrected chi connectivity index (χ4v) is 3.40. The van der Waals surface area contributed by atoms with E-state index in [0.717, 1.165) is 47.0 Å². The molecule has 1 aromatic heterocycles. The van der Waals surface area contributed by atoms with E-state index in [-0.39, 0.29) is 18.1 Å². The Bertz CT molecular complexity index is 1050. The Labute approximate surface area is 150 Å². The molecule has 0 radical (unpaired) electrons. The predicted octanol–water partition coefficient (Wildman–Crippen LogP) is 3.61. The summed E-state index contributed by atoms with van der Waals surface area (Å²) in [5.41, 5.74) is 3.87. The highest BCUT2D eigenvalue weighted by atomic mass is 16.5. The number of rotatable bonds is 4. The van der Waals surface area contributed by atoms with Crippen LogP contribution in [-0.2, 0) is 17.6 Å². The van der Waals surface area contributed by atoms with Gasteiger partial charge in [0.25, 0.3) is 5.91 Å². The zero-order chi connectivity index (χ0) is 18.1. The normalized spacial score (nSPS) is 12.8. The Morgan fingerprint density at radius 3 is 2.81 bits per heavy atom. The molecule has 0 unspecified atom stereocenters. The van der Waals surface area contributed by atoms with Crippen molar-refractivity contribution in [2.75, 3.05) is 11.9 Å². The van der Waals surface area contributed by atoms with E-state index < -0.39 is 0 Å². The van der Waals surface area contributed by atoms with Gasteiger partial charge in [-0.3, -0.25) is 4.79 Å². The van der Waals surface area contributed by atoms with Crippen LogP contribution in [-0.4, -0.2) is 12.5 Å². The van der Waals surface area contributed by atoms with Crippen molar-refractivity contribution in [3.63, 3.8) is 0 Å². The second-order valence-corrected chi connectivity index (χ2v) is 6.51. The number of benzene rings is 2. The van der Waals surface area contributed by atoms with E-state index in [2.05, 4.69) is 5.32 Å². The average Bonchev–Trinajstić information content (AvgIpc) is 3.12. The van der Waals surface area contributed by atoms with E-state index in [1.807, 2.05) is 43.3 Å². The van der Waals surface area contributed by atoms with Gasteiger partial charge < -0.3 is 14.5 Å². The molecule has 0 saturated carbocycles. The van der Waals surface area contributed by atoms with Crippen LogP contribution in [0.4, 0.5) is 5.69 Å². The van der Waals surface area contributed by atoms with Gasteiger partial charge in [0.1, 0.15) is 11.3 Å². The van der Waals surface area contributed by atoms with Gasteiger partial charge in [0.2, 0.25) is 0 Å². The van der Waals surface area contributed by atoms with Crippen LogP contribution in [0.3, 0.4) is 0 Å². The number of aryl methyl sites for hydroxylation is 2. The monoisotopic (exact) mass is 349 g/mol. The minimum atomic E-state index is -0.264. The fraction of sp³-hybridized carbons (Fsp3) is 0.238. The lowest BCUT2D eigenvalue weighted by Crippen LogP contribution is -2.20. The molecule has 0 atom stereocenters. The van der Waals surface area contributed by atoms with E-state index in [0.29, 0.717) is 11.3 Å². The first kappa shape index (κ1) is 16.4. The Morgan fingerprint density at radius 2 is 1.96 bits per heavy atom. The first-order chi connectivity index (χ1) is 12.6. The molecule has 0 saturated heterocycles. The molecular formula is C21H19NO4. The topological polar surface area (TPSA) is 68.5 Å². The van der Waals surface area contributed by atoms with Crippen LogP contribution >= 0.6 is 0 Å². The van der Waals surface area contributed by atoms with Crippen LogP contribution in [0.15, 0.2) is 51.7 Å². The summed E-state index contributed by atoms with van der Waals surface area (Å²) < 4.78 is 11.0. The third-order valence-electron chi connectivity index (χ3n) is 4.73. The molecular weight excluding hydrogens is 330 g/mol. The molecule has 0 fully saturated rings. The summed E-state index contributed by atoms with van der Waals surface area (Å²) in [5, 5.41) is 3.78. The quantitative estimate of drug-likeness (QED) is 0.731. The predicted molar refractivity (Wildman–Crippen MR) is 99.8 cm³/mol. The highest BCUT2D eigenvalue weighted by molar-refractivity contribution is 5.92. The number of nitrogens with one attached hydrogen (secondary N) is 1. The maximum atomic E-state index is 12.1. The van der Waals surface area contributed by atoms with Gasteiger partial charge in [-0.05, 0) is 55.5 Å². The number of amides is 1. The lowest BCUT2D eigenvalue weighted by molar-refractivity contribution is -0.118. The number of para-hydroxylation sites is 1. The molecule has 1 aliphatic carbocycles. The van der Waals surface area contributed by atoms with E-state index in [1.165, 1.54) is 0 Å². The van der Waals surface area contributed by atoms with Crippen LogP contribution in [0.25, 0.3) is 11.0 Å². The van der Waals surface area contributed by atoms with Crippen LogP contribution in [0.1, 0.15) is 23.1 Å². The van der Waals surface area contributed by atoms with Crippen molar-refractivity contribution in [2.24, 2.45) is 0 Å². The number of carbonyl (C=O) groups is 1. The number of anilines is 1. The average molecular weight is 349 g/mol. The SMILES string of the molecule is Cc1ccccc1NC(=O)COc1ccc2c3c(c(=O)oc2c1)CCC3. The summed E-state index contributed by atoms with van der Waals surface area (Å²) in [5.74, 6) is 0.258. The number of ether oxygens (including phenoxy) is 1. The molecule has 1 heterocycles. The molecule has 4 rings (SSSR count). The van der Waals surface area contributed by atoms with Crippen LogP contribution in [0.5, 0.6) is 5.75 Å². The van der Waals surface area contributed by atoms with Crippen molar-refractivity contribution in [3.8, 4) is 5.75 Å². The summed E-state index contributed by atoms with van der Waals surface area (Å²) in [6.07, 6.45) is 2.66. The minimum absolute atomic E-state index is 0.116. The van der Waals surface area contributed by atoms with Crippen LogP contribution < -0.4 is 15.7 Å². The molecule has 1 amide bonds. The molecule has 0 bridgehead atoms. The lowest BCUT2D eigenvalue weighted by atomic mass is 10.1. The van der Waals surface area contributed by atoms with E-state index in [9.17, 15) is 9.59 Å². The maximum Gasteiger partial charge on any atom is 0.339 e. The largest absolute Gasteiger partial charge is 0.484 e. The second kappa shape index (κ2) is 6.67. The maximum absolute atomic E-state index is 12.1. The van der Waals surface area contributed by atoms with Crippen molar-refractivity contribution >= 4 is 22.6 Å². The van der Waals surface area contributed by atoms with Gasteiger partial charge >= 0.3 is 5.63 Å². The molecule has 0 spiro atoms. The number of hydrogen-bond acceptors (Lipinski definition) is 4. The van der Waals surface area contributed by atoms with Gasteiger partial charge in [0.15, 0.2) is 6.61 Å². The molecule has 5 nitrogen and oxygen atoms in total. The van der Waals surface area contributed by atoms with E-state index in [1.54, 1.807) is 6.07 Å². The molecule has 1 N–H and O–H groups in total. The summed E-state index contributed by atoms with van der Waals surface area (Å²) >= 11 is 0. The van der Waals surface area contributed by atoms with Crippen molar-refractivity contribution in [2.45, 2.75) is 26.2 Å². The third kappa shape index (κ3) is 3.08. The van der Waals surface area contributed by atoms with Gasteiger partial charge in [-0.25, -0.2) is 4.79 Å². The molecule has 5 heteroatoms. The fourth-order valence-electron chi connectivity index (χ4n) is 3.40. The summed E-state index contributed by atoms with van der Waals surface area (Å²) in [4.78, 5) is 24.2. The van der Waals surface area contributed by atoms with Crippen molar-refractivity contribution in [1.29, 1.82) is 0 Å². The summed E-state index contributed by atoms with van der Waals surface area (Å²) in [6.45, 7) is 1.81. The number of hydrogen-bond donors (Lipinski definition) is 1. The highest BCUT2D eigenvalue weighted by Crippen LogP contribution is 2.29. The second-order valence-electron chi connectivity index (χ2n) is 6.51. The zero-order valence-electron chi connectivity index (χ0n) is 14.5. The summed E-state index contributed by atoms with van der Waals surface area (Å²) in [6, 6.07) is 12.9. The standard InChI is InChI=1S/C21H19NO4/c1-13-5-2-3-8-18(13)22-20(23)12-25-14-9-10-16-15-6-4-7-17(15)21(24)26-19(16)11-14/h2-3,5,8-11H,4,6-7,12H2,1H3,(H,22,23). The zero-order valence-corrected chi connectivity index (χ0v) is 14.5. The third-order valence-corrected chi connectivity index (χ3v) is 4.73. The van der Waals surface area contributed by atoms with Crippen LogP contribution in [0.2, 0.25) is 0 Å². The number of fused-ring (bicyclic) bond motifs is 3. The van der Waals surface area contributed by atoms with Crippen molar-refractivity contribution < 1.29 is 13.9 Å². The Morgan fingerprint density at radius 1 is 1.15 bits per heavy atom. The van der Waals surface area contributed by atoms with Gasteiger partial charge in [0.05, 0.1) is 0 Å². The summed E-state index contributed by atoms with van der Waals surface area (Å²) in [7, 11) is 0. The molecule has 132 valence electrons. The Hall–Kier alpha value is -3.08. The highest BCUT2D eigenvalue weighted by Gasteiger charge is 2.19. The van der Waals surface area contributed by atoms with Gasteiger partial charge in [0, 0.05) is 22.7 Å². The smallest absolute Gasteiger partial charge is 0.339 e. The van der Waals surface area contributed by atoms with Crippen molar-refractivity contribution in [1.82, 2.24) is 0 Å². The lowest BCUT2D eigenvalue weighted by Gasteiger charge is -2.10. The van der Waals surface area contributed by atoms with Gasteiger partial charge in [-0.1, -0.05) is 18.2 Å². The van der Waals surface area contributed by atoms with Gasteiger partial charge in [-0.2, -0.15) is 0 Å². The van der Waals surface area contributed by atoms with E-state index >= 15 is 0 Å². The molecule has 3 aromatic rings. The van der Waals surface area contributed by atoms with Crippen LogP contribution in [0, 0.1) is 6.92 Å². The minimum Gasteiger partial charge on any atom is -0.484 e. The molecule has 26 heavy (non-hydrogen) atoms. The number of carbonyl (C=O) groups excluding carboxylic acids is 1. The Kier molecular flexibility index (Phi) is 4.21. The molecule has 0 aliphatic heterocycles. The Balaban J connectivity index is 1.49. The first-order valence-electron chi connectivity index (χ1n) is 8.69. The molecule has 1 aliphatic rings. The van der Waals surface area contributed by atoms with Crippen molar-refractivity contribution in [3.05, 3.63) is 69.6 Å². The van der Waals surface area contributed by atoms with E-state index in [4.69, 9.17) is 9.15 Å². The van der Waals surface area contributed by atoms with Gasteiger partial charge in [-0.15, -0.1) is 0 Å². The molecule has 2 aromatic carbocycles. The first-order valence-corrected chi connectivity index (χ1v) is 8.69.